The summed E-state index contributed by atoms with van der Waals surface area (Å²) < 4.78 is 0. The normalized spacial score (nSPS) is 11.0. The average Bonchev–Trinajstić information content (AvgIpc) is 2.56. The van der Waals surface area contributed by atoms with Gasteiger partial charge in [0.1, 0.15) is 0 Å². The van der Waals surface area contributed by atoms with Gasteiger partial charge in [0.25, 0.3) is 0 Å². The van der Waals surface area contributed by atoms with E-state index in [-0.39, 0.29) is 30.7 Å². The fourth-order valence-corrected chi connectivity index (χ4v) is 2.65. The second kappa shape index (κ2) is 12.5. The molecule has 0 saturated carbocycles. The van der Waals surface area contributed by atoms with Crippen molar-refractivity contribution in [3.8, 4) is 0 Å². The van der Waals surface area contributed by atoms with Crippen LogP contribution < -0.4 is 11.1 Å². The molecule has 0 unspecified atom stereocenters. The van der Waals surface area contributed by atoms with Crippen LogP contribution in [0.2, 0.25) is 0 Å². The highest BCUT2D eigenvalue weighted by atomic mass is 35.5. The molecule has 25 heavy (non-hydrogen) atoms. The van der Waals surface area contributed by atoms with Crippen LogP contribution >= 0.6 is 24.8 Å². The molecule has 0 aromatic heterocycles. The first-order valence-electron chi connectivity index (χ1n) is 8.65. The van der Waals surface area contributed by atoms with E-state index >= 15 is 0 Å². The third-order valence-electron chi connectivity index (χ3n) is 5.09. The van der Waals surface area contributed by atoms with Crippen molar-refractivity contribution in [3.63, 3.8) is 0 Å². The molecular weight excluding hydrogens is 357 g/mol. The quantitative estimate of drug-likeness (QED) is 0.673. The first-order chi connectivity index (χ1) is 10.9. The van der Waals surface area contributed by atoms with Gasteiger partial charge in [0, 0.05) is 25.7 Å². The molecule has 4 nitrogen and oxygen atoms in total. The minimum absolute atomic E-state index is 0. The van der Waals surface area contributed by atoms with E-state index in [9.17, 15) is 4.79 Å². The number of hydrogen-bond acceptors (Lipinski definition) is 3. The van der Waals surface area contributed by atoms with Crippen molar-refractivity contribution in [1.82, 2.24) is 10.2 Å². The van der Waals surface area contributed by atoms with Gasteiger partial charge in [0.2, 0.25) is 5.91 Å². The van der Waals surface area contributed by atoms with E-state index < -0.39 is 5.41 Å². The Morgan fingerprint density at radius 2 is 1.68 bits per heavy atom. The van der Waals surface area contributed by atoms with Gasteiger partial charge in [-0.15, -0.1) is 24.8 Å². The lowest BCUT2D eigenvalue weighted by Gasteiger charge is -2.29. The van der Waals surface area contributed by atoms with Gasteiger partial charge in [-0.25, -0.2) is 0 Å². The molecule has 0 atom stereocenters. The summed E-state index contributed by atoms with van der Waals surface area (Å²) in [5.41, 5.74) is 7.85. The molecule has 0 heterocycles. The van der Waals surface area contributed by atoms with Gasteiger partial charge in [0.05, 0.1) is 5.41 Å². The Kier molecular flexibility index (Phi) is 13.2. The monoisotopic (exact) mass is 391 g/mol. The molecule has 3 N–H and O–H groups in total. The minimum Gasteiger partial charge on any atom is -0.351 e. The van der Waals surface area contributed by atoms with Crippen LogP contribution in [0.3, 0.4) is 0 Å². The maximum absolute atomic E-state index is 12.6. The highest BCUT2D eigenvalue weighted by Gasteiger charge is 2.33. The van der Waals surface area contributed by atoms with E-state index in [0.29, 0.717) is 19.1 Å². The SMILES string of the molecule is CCC(CC)(CN)C(=O)NCc1ccccc1CN(C)C(C)C.Cl.Cl. The number of carbonyl (C=O) groups is 1. The van der Waals surface area contributed by atoms with Gasteiger partial charge in [-0.05, 0) is 44.9 Å². The van der Waals surface area contributed by atoms with Crippen LogP contribution in [0.15, 0.2) is 24.3 Å². The van der Waals surface area contributed by atoms with Crippen LogP contribution in [0.1, 0.15) is 51.7 Å². The van der Waals surface area contributed by atoms with Crippen molar-refractivity contribution in [2.24, 2.45) is 11.1 Å². The molecule has 0 aliphatic carbocycles. The molecule has 0 spiro atoms. The summed E-state index contributed by atoms with van der Waals surface area (Å²) in [7, 11) is 2.12. The third-order valence-corrected chi connectivity index (χ3v) is 5.09. The van der Waals surface area contributed by atoms with E-state index in [2.05, 4.69) is 49.3 Å². The number of hydrogen-bond donors (Lipinski definition) is 2. The zero-order chi connectivity index (χ0) is 17.5. The Bertz CT molecular complexity index is 497. The van der Waals surface area contributed by atoms with E-state index in [4.69, 9.17) is 5.73 Å². The van der Waals surface area contributed by atoms with Gasteiger partial charge in [-0.3, -0.25) is 9.69 Å². The predicted molar refractivity (Wildman–Crippen MR) is 111 cm³/mol. The molecule has 1 aromatic carbocycles. The summed E-state index contributed by atoms with van der Waals surface area (Å²) in [5.74, 6) is 0.0667. The number of amides is 1. The number of nitrogens with two attached hydrogens (primary N) is 1. The topological polar surface area (TPSA) is 58.4 Å². The van der Waals surface area contributed by atoms with Gasteiger partial charge in [-0.1, -0.05) is 38.1 Å². The number of halogens is 2. The van der Waals surface area contributed by atoms with E-state index in [1.54, 1.807) is 0 Å². The average molecular weight is 392 g/mol. The lowest BCUT2D eigenvalue weighted by molar-refractivity contribution is -0.131. The molecule has 0 aliphatic heterocycles. The number of nitrogens with zero attached hydrogens (tertiary/aromatic N) is 1. The number of benzene rings is 1. The summed E-state index contributed by atoms with van der Waals surface area (Å²) in [6.07, 6.45) is 1.53. The second-order valence-corrected chi connectivity index (χ2v) is 6.65. The highest BCUT2D eigenvalue weighted by Crippen LogP contribution is 2.25. The predicted octanol–water partition coefficient (Wildman–Crippen LogP) is 3.75. The summed E-state index contributed by atoms with van der Waals surface area (Å²) in [6, 6.07) is 8.79. The van der Waals surface area contributed by atoms with Gasteiger partial charge >= 0.3 is 0 Å². The molecule has 1 amide bonds. The van der Waals surface area contributed by atoms with Gasteiger partial charge < -0.3 is 11.1 Å². The fourth-order valence-electron chi connectivity index (χ4n) is 2.65. The van der Waals surface area contributed by atoms with Crippen molar-refractivity contribution in [1.29, 1.82) is 0 Å². The number of nitrogens with one attached hydrogen (secondary N) is 1. The number of carbonyl (C=O) groups excluding carboxylic acids is 1. The van der Waals surface area contributed by atoms with Crippen molar-refractivity contribution in [2.45, 2.75) is 59.7 Å². The molecule has 0 fully saturated rings. The smallest absolute Gasteiger partial charge is 0.227 e. The zero-order valence-electron chi connectivity index (χ0n) is 16.2. The molecular formula is C19H35Cl2N3O. The Labute approximate surface area is 165 Å². The van der Waals surface area contributed by atoms with Gasteiger partial charge in [-0.2, -0.15) is 0 Å². The molecule has 146 valence electrons. The lowest BCUT2D eigenvalue weighted by Crippen LogP contribution is -2.45. The maximum atomic E-state index is 12.6. The Balaban J connectivity index is 0. The molecule has 1 aromatic rings. The molecule has 1 rings (SSSR count). The van der Waals surface area contributed by atoms with Crippen molar-refractivity contribution >= 4 is 30.7 Å². The number of rotatable bonds is 9. The van der Waals surface area contributed by atoms with E-state index in [1.165, 1.54) is 11.1 Å². The van der Waals surface area contributed by atoms with Crippen LogP contribution in [0, 0.1) is 5.41 Å². The molecule has 0 aliphatic rings. The van der Waals surface area contributed by atoms with Gasteiger partial charge in [0.15, 0.2) is 0 Å². The lowest BCUT2D eigenvalue weighted by atomic mass is 9.81. The Morgan fingerprint density at radius 1 is 1.16 bits per heavy atom. The summed E-state index contributed by atoms with van der Waals surface area (Å²) in [6.45, 7) is 10.3. The molecule has 0 bridgehead atoms. The third kappa shape index (κ3) is 7.14. The molecule has 0 radical (unpaired) electrons. The van der Waals surface area contributed by atoms with E-state index in [1.807, 2.05) is 19.9 Å². The molecule has 0 saturated heterocycles. The first kappa shape index (κ1) is 26.4. The summed E-state index contributed by atoms with van der Waals surface area (Å²) in [4.78, 5) is 14.9. The fraction of sp³-hybridized carbons (Fsp3) is 0.632. The van der Waals surface area contributed by atoms with E-state index in [0.717, 1.165) is 19.4 Å². The van der Waals surface area contributed by atoms with Crippen LogP contribution in [0.4, 0.5) is 0 Å². The standard InChI is InChI=1S/C19H33N3O.2ClH/c1-6-19(7-2,14-20)18(23)21-12-16-10-8-9-11-17(16)13-22(5)15(3)4;;/h8-11,15H,6-7,12-14,20H2,1-5H3,(H,21,23);2*1H. The Hall–Kier alpha value is -0.810. The second-order valence-electron chi connectivity index (χ2n) is 6.65. The Morgan fingerprint density at radius 3 is 2.12 bits per heavy atom. The van der Waals surface area contributed by atoms with Crippen molar-refractivity contribution < 1.29 is 4.79 Å². The van der Waals surface area contributed by atoms with Crippen LogP contribution in [-0.4, -0.2) is 30.4 Å². The first-order valence-corrected chi connectivity index (χ1v) is 8.65. The maximum Gasteiger partial charge on any atom is 0.227 e. The zero-order valence-corrected chi connectivity index (χ0v) is 17.8. The highest BCUT2D eigenvalue weighted by molar-refractivity contribution is 5.85. The van der Waals surface area contributed by atoms with Crippen molar-refractivity contribution in [2.75, 3.05) is 13.6 Å². The van der Waals surface area contributed by atoms with Crippen molar-refractivity contribution in [3.05, 3.63) is 35.4 Å². The summed E-state index contributed by atoms with van der Waals surface area (Å²) in [5, 5.41) is 3.10. The van der Waals surface area contributed by atoms with Crippen LogP contribution in [0.25, 0.3) is 0 Å². The van der Waals surface area contributed by atoms with Crippen LogP contribution in [-0.2, 0) is 17.9 Å². The van der Waals surface area contributed by atoms with Crippen LogP contribution in [0.5, 0.6) is 0 Å². The summed E-state index contributed by atoms with van der Waals surface area (Å²) >= 11 is 0. The minimum atomic E-state index is -0.441. The molecule has 6 heteroatoms. The largest absolute Gasteiger partial charge is 0.351 e.